The van der Waals surface area contributed by atoms with Crippen molar-refractivity contribution < 1.29 is 9.47 Å². The van der Waals surface area contributed by atoms with Crippen molar-refractivity contribution in [3.8, 4) is 34.0 Å². The van der Waals surface area contributed by atoms with Crippen molar-refractivity contribution in [2.24, 2.45) is 0 Å². The van der Waals surface area contributed by atoms with Gasteiger partial charge in [-0.05, 0) is 26.0 Å². The predicted octanol–water partition coefficient (Wildman–Crippen LogP) is 5.60. The summed E-state index contributed by atoms with van der Waals surface area (Å²) in [5.41, 5.74) is 7.45. The van der Waals surface area contributed by atoms with Crippen molar-refractivity contribution in [2.75, 3.05) is 14.2 Å². The molecule has 0 spiro atoms. The molecule has 0 fully saturated rings. The molecule has 3 aromatic carbocycles. The van der Waals surface area contributed by atoms with Crippen molar-refractivity contribution in [3.05, 3.63) is 71.8 Å². The summed E-state index contributed by atoms with van der Waals surface area (Å²) in [5.74, 6) is 1.35. The van der Waals surface area contributed by atoms with E-state index < -0.39 is 0 Å². The molecule has 0 bridgehead atoms. The molecule has 4 aromatic rings. The second kappa shape index (κ2) is 7.31. The van der Waals surface area contributed by atoms with Gasteiger partial charge in [0.1, 0.15) is 22.5 Å². The summed E-state index contributed by atoms with van der Waals surface area (Å²) in [6.07, 6.45) is 0. The molecule has 140 valence electrons. The molecule has 4 heteroatoms. The molecule has 28 heavy (non-hydrogen) atoms. The number of rotatable bonds is 4. The third kappa shape index (κ3) is 3.18. The van der Waals surface area contributed by atoms with Gasteiger partial charge < -0.3 is 9.47 Å². The molecule has 0 aliphatic rings. The van der Waals surface area contributed by atoms with E-state index in [1.807, 2.05) is 12.1 Å². The van der Waals surface area contributed by atoms with E-state index in [1.54, 1.807) is 14.2 Å². The normalized spacial score (nSPS) is 10.9. The summed E-state index contributed by atoms with van der Waals surface area (Å²) in [7, 11) is 3.28. The van der Waals surface area contributed by atoms with Crippen molar-refractivity contribution in [1.29, 1.82) is 0 Å². The van der Waals surface area contributed by atoms with Crippen LogP contribution in [0.1, 0.15) is 11.1 Å². The highest BCUT2D eigenvalue weighted by molar-refractivity contribution is 5.92. The molecule has 0 aliphatic heterocycles. The standard InChI is InChI=1S/C24H22N2O2/c1-15-5-9-17(10-6-15)21-22(18-11-7-16(2)8-12-18)26-24-20(28-4)14-13-19(27-3)23(24)25-21/h5-14H,1-4H3. The third-order valence-electron chi connectivity index (χ3n) is 4.84. The van der Waals surface area contributed by atoms with E-state index in [9.17, 15) is 0 Å². The molecular weight excluding hydrogens is 348 g/mol. The first-order valence-corrected chi connectivity index (χ1v) is 9.17. The van der Waals surface area contributed by atoms with Crippen LogP contribution in [0.2, 0.25) is 0 Å². The van der Waals surface area contributed by atoms with Gasteiger partial charge in [-0.15, -0.1) is 0 Å². The van der Waals surface area contributed by atoms with Crippen molar-refractivity contribution in [2.45, 2.75) is 13.8 Å². The van der Waals surface area contributed by atoms with Crippen molar-refractivity contribution in [1.82, 2.24) is 9.97 Å². The smallest absolute Gasteiger partial charge is 0.147 e. The van der Waals surface area contributed by atoms with Crippen LogP contribution in [0.5, 0.6) is 11.5 Å². The average molecular weight is 370 g/mol. The van der Waals surface area contributed by atoms with Crippen LogP contribution >= 0.6 is 0 Å². The summed E-state index contributed by atoms with van der Waals surface area (Å²) >= 11 is 0. The SMILES string of the molecule is COc1ccc(OC)c2nc(-c3ccc(C)cc3)c(-c3ccc(C)cc3)nc12. The molecule has 0 amide bonds. The van der Waals surface area contributed by atoms with Crippen LogP contribution in [0.25, 0.3) is 33.5 Å². The van der Waals surface area contributed by atoms with Crippen LogP contribution in [-0.2, 0) is 0 Å². The van der Waals surface area contributed by atoms with Gasteiger partial charge in [0.25, 0.3) is 0 Å². The van der Waals surface area contributed by atoms with E-state index >= 15 is 0 Å². The van der Waals surface area contributed by atoms with Gasteiger partial charge >= 0.3 is 0 Å². The summed E-state index contributed by atoms with van der Waals surface area (Å²) in [6.45, 7) is 4.15. The molecule has 4 nitrogen and oxygen atoms in total. The number of benzene rings is 3. The van der Waals surface area contributed by atoms with Gasteiger partial charge in [-0.2, -0.15) is 0 Å². The van der Waals surface area contributed by atoms with E-state index in [-0.39, 0.29) is 0 Å². The van der Waals surface area contributed by atoms with Gasteiger partial charge in [0, 0.05) is 11.1 Å². The lowest BCUT2D eigenvalue weighted by atomic mass is 10.0. The Balaban J connectivity index is 2.07. The highest BCUT2D eigenvalue weighted by atomic mass is 16.5. The number of ether oxygens (including phenoxy) is 2. The van der Waals surface area contributed by atoms with Crippen molar-refractivity contribution >= 4 is 11.0 Å². The molecular formula is C24H22N2O2. The molecule has 0 N–H and O–H groups in total. The first-order valence-electron chi connectivity index (χ1n) is 9.17. The van der Waals surface area contributed by atoms with Crippen LogP contribution in [0.4, 0.5) is 0 Å². The zero-order valence-electron chi connectivity index (χ0n) is 16.5. The highest BCUT2D eigenvalue weighted by Gasteiger charge is 2.18. The minimum atomic E-state index is 0.673. The van der Waals surface area contributed by atoms with Gasteiger partial charge in [0.05, 0.1) is 25.6 Å². The molecule has 1 heterocycles. The third-order valence-corrected chi connectivity index (χ3v) is 4.84. The van der Waals surface area contributed by atoms with Gasteiger partial charge in [-0.25, -0.2) is 9.97 Å². The Labute approximate surface area is 164 Å². The summed E-state index contributed by atoms with van der Waals surface area (Å²) in [6, 6.07) is 20.4. The van der Waals surface area contributed by atoms with Gasteiger partial charge in [0.2, 0.25) is 0 Å². The predicted molar refractivity (Wildman–Crippen MR) is 113 cm³/mol. The van der Waals surface area contributed by atoms with Crippen LogP contribution in [0.3, 0.4) is 0 Å². The number of fused-ring (bicyclic) bond motifs is 1. The number of nitrogens with zero attached hydrogens (tertiary/aromatic N) is 2. The van der Waals surface area contributed by atoms with E-state index in [2.05, 4.69) is 62.4 Å². The first kappa shape index (κ1) is 18.0. The van der Waals surface area contributed by atoms with Crippen LogP contribution < -0.4 is 9.47 Å². The lowest BCUT2D eigenvalue weighted by molar-refractivity contribution is 0.409. The van der Waals surface area contributed by atoms with Gasteiger partial charge in [-0.3, -0.25) is 0 Å². The molecule has 0 saturated carbocycles. The average Bonchev–Trinajstić information content (AvgIpc) is 2.73. The number of aromatic nitrogens is 2. The zero-order chi connectivity index (χ0) is 19.7. The molecule has 0 atom stereocenters. The summed E-state index contributed by atoms with van der Waals surface area (Å²) in [5, 5.41) is 0. The molecule has 0 saturated heterocycles. The second-order valence-corrected chi connectivity index (χ2v) is 6.82. The molecule has 1 aromatic heterocycles. The number of methoxy groups -OCH3 is 2. The monoisotopic (exact) mass is 370 g/mol. The number of hydrogen-bond acceptors (Lipinski definition) is 4. The lowest BCUT2D eigenvalue weighted by Crippen LogP contribution is -1.99. The fraction of sp³-hybridized carbons (Fsp3) is 0.167. The maximum atomic E-state index is 5.54. The molecule has 4 rings (SSSR count). The van der Waals surface area contributed by atoms with E-state index in [4.69, 9.17) is 19.4 Å². The minimum Gasteiger partial charge on any atom is -0.494 e. The first-order chi connectivity index (χ1) is 13.6. The Kier molecular flexibility index (Phi) is 4.70. The van der Waals surface area contributed by atoms with Gasteiger partial charge in [0.15, 0.2) is 0 Å². The van der Waals surface area contributed by atoms with Crippen LogP contribution in [-0.4, -0.2) is 24.2 Å². The Hall–Kier alpha value is -3.40. The summed E-state index contributed by atoms with van der Waals surface area (Å²) in [4.78, 5) is 9.97. The van der Waals surface area contributed by atoms with Crippen molar-refractivity contribution in [3.63, 3.8) is 0 Å². The van der Waals surface area contributed by atoms with Crippen LogP contribution in [0, 0.1) is 13.8 Å². The molecule has 0 radical (unpaired) electrons. The van der Waals surface area contributed by atoms with Crippen LogP contribution in [0.15, 0.2) is 60.7 Å². The van der Waals surface area contributed by atoms with E-state index in [0.717, 1.165) is 22.5 Å². The Morgan fingerprint density at radius 1 is 0.536 bits per heavy atom. The quantitative estimate of drug-likeness (QED) is 0.469. The van der Waals surface area contributed by atoms with Gasteiger partial charge in [-0.1, -0.05) is 59.7 Å². The fourth-order valence-electron chi connectivity index (χ4n) is 3.24. The minimum absolute atomic E-state index is 0.673. The molecule has 0 aliphatic carbocycles. The Bertz CT molecular complexity index is 1040. The number of hydrogen-bond donors (Lipinski definition) is 0. The summed E-state index contributed by atoms with van der Waals surface area (Å²) < 4.78 is 11.1. The van der Waals surface area contributed by atoms with E-state index in [1.165, 1.54) is 11.1 Å². The Morgan fingerprint density at radius 2 is 0.893 bits per heavy atom. The fourth-order valence-corrected chi connectivity index (χ4v) is 3.24. The second-order valence-electron chi connectivity index (χ2n) is 6.82. The highest BCUT2D eigenvalue weighted by Crippen LogP contribution is 2.37. The maximum Gasteiger partial charge on any atom is 0.147 e. The largest absolute Gasteiger partial charge is 0.494 e. The lowest BCUT2D eigenvalue weighted by Gasteiger charge is -2.14. The molecule has 0 unspecified atom stereocenters. The maximum absolute atomic E-state index is 5.54. The Morgan fingerprint density at radius 3 is 1.21 bits per heavy atom. The van der Waals surface area contributed by atoms with E-state index in [0.29, 0.717) is 22.5 Å². The number of aryl methyl sites for hydroxylation is 2. The topological polar surface area (TPSA) is 44.2 Å². The zero-order valence-corrected chi connectivity index (χ0v) is 16.5.